The maximum Gasteiger partial charge on any atom is 0.253 e. The Balaban J connectivity index is 1.67. The third-order valence-corrected chi connectivity index (χ3v) is 3.32. The summed E-state index contributed by atoms with van der Waals surface area (Å²) in [6.45, 7) is 2.65. The number of rotatable bonds is 2. The van der Waals surface area contributed by atoms with Crippen LogP contribution in [0.5, 0.6) is 5.75 Å². The Labute approximate surface area is 105 Å². The van der Waals surface area contributed by atoms with Crippen LogP contribution in [0.1, 0.15) is 25.5 Å². The molecule has 0 radical (unpaired) electrons. The van der Waals surface area contributed by atoms with Crippen LogP contribution < -0.4 is 10.1 Å². The molecule has 0 aromatic carbocycles. The molecule has 18 heavy (non-hydrogen) atoms. The fourth-order valence-electron chi connectivity index (χ4n) is 2.33. The number of ether oxygens (including phenoxy) is 2. The van der Waals surface area contributed by atoms with Crippen molar-refractivity contribution < 1.29 is 14.3 Å². The van der Waals surface area contributed by atoms with Crippen molar-refractivity contribution in [2.75, 3.05) is 11.9 Å². The van der Waals surface area contributed by atoms with Gasteiger partial charge in [-0.2, -0.15) is 0 Å². The molecule has 1 fully saturated rings. The Morgan fingerprint density at radius 3 is 3.17 bits per heavy atom. The molecule has 1 aromatic rings. The SMILES string of the molecule is CC1CCC(C(=O)Nc2cnc3c(c2)OCC3)O1. The molecule has 2 unspecified atom stereocenters. The third kappa shape index (κ3) is 2.18. The summed E-state index contributed by atoms with van der Waals surface area (Å²) in [5.41, 5.74) is 1.63. The predicted molar refractivity (Wildman–Crippen MR) is 65.6 cm³/mol. The van der Waals surface area contributed by atoms with E-state index < -0.39 is 0 Å². The normalized spacial score (nSPS) is 25.6. The second-order valence-electron chi connectivity index (χ2n) is 4.77. The smallest absolute Gasteiger partial charge is 0.253 e. The van der Waals surface area contributed by atoms with Crippen molar-refractivity contribution >= 4 is 11.6 Å². The van der Waals surface area contributed by atoms with Crippen LogP contribution in [0.2, 0.25) is 0 Å². The Morgan fingerprint density at radius 2 is 2.39 bits per heavy atom. The summed E-state index contributed by atoms with van der Waals surface area (Å²) < 4.78 is 10.9. The van der Waals surface area contributed by atoms with Crippen molar-refractivity contribution in [1.82, 2.24) is 4.98 Å². The number of fused-ring (bicyclic) bond motifs is 1. The minimum absolute atomic E-state index is 0.0981. The van der Waals surface area contributed by atoms with E-state index in [0.717, 1.165) is 30.7 Å². The van der Waals surface area contributed by atoms with Gasteiger partial charge in [-0.25, -0.2) is 0 Å². The van der Waals surface area contributed by atoms with Gasteiger partial charge >= 0.3 is 0 Å². The van der Waals surface area contributed by atoms with Crippen LogP contribution in [0.15, 0.2) is 12.3 Å². The molecule has 96 valence electrons. The molecule has 1 amide bonds. The van der Waals surface area contributed by atoms with Crippen LogP contribution >= 0.6 is 0 Å². The largest absolute Gasteiger partial charge is 0.491 e. The molecule has 2 aliphatic rings. The van der Waals surface area contributed by atoms with Crippen LogP contribution in [0, 0.1) is 0 Å². The Morgan fingerprint density at radius 1 is 1.50 bits per heavy atom. The molecule has 1 aromatic heterocycles. The van der Waals surface area contributed by atoms with E-state index in [2.05, 4.69) is 10.3 Å². The molecule has 0 aliphatic carbocycles. The van der Waals surface area contributed by atoms with Gasteiger partial charge in [0, 0.05) is 12.5 Å². The number of carbonyl (C=O) groups is 1. The highest BCUT2D eigenvalue weighted by Crippen LogP contribution is 2.27. The fraction of sp³-hybridized carbons (Fsp3) is 0.538. The standard InChI is InChI=1S/C13H16N2O3/c1-8-2-3-11(18-8)13(16)15-9-6-12-10(14-7-9)4-5-17-12/h6-8,11H,2-5H2,1H3,(H,15,16). The van der Waals surface area contributed by atoms with Crippen LogP contribution in [-0.4, -0.2) is 29.7 Å². The third-order valence-electron chi connectivity index (χ3n) is 3.32. The number of hydrogen-bond donors (Lipinski definition) is 1. The first-order valence-electron chi connectivity index (χ1n) is 6.30. The molecule has 1 N–H and O–H groups in total. The van der Waals surface area contributed by atoms with Gasteiger partial charge in [-0.05, 0) is 19.8 Å². The topological polar surface area (TPSA) is 60.5 Å². The maximum atomic E-state index is 12.0. The van der Waals surface area contributed by atoms with Crippen molar-refractivity contribution in [3.63, 3.8) is 0 Å². The van der Waals surface area contributed by atoms with Crippen molar-refractivity contribution in [2.45, 2.75) is 38.4 Å². The van der Waals surface area contributed by atoms with E-state index in [4.69, 9.17) is 9.47 Å². The molecule has 0 bridgehead atoms. The lowest BCUT2D eigenvalue weighted by molar-refractivity contribution is -0.126. The molecule has 0 saturated carbocycles. The molecule has 2 aliphatic heterocycles. The number of carbonyl (C=O) groups excluding carboxylic acids is 1. The molecule has 5 nitrogen and oxygen atoms in total. The average Bonchev–Trinajstić information content (AvgIpc) is 2.96. The second-order valence-corrected chi connectivity index (χ2v) is 4.77. The van der Waals surface area contributed by atoms with Gasteiger partial charge in [0.05, 0.1) is 30.3 Å². The van der Waals surface area contributed by atoms with Gasteiger partial charge in [0.2, 0.25) is 0 Å². The summed E-state index contributed by atoms with van der Waals surface area (Å²) in [5, 5.41) is 2.83. The minimum atomic E-state index is -0.339. The predicted octanol–water partition coefficient (Wildman–Crippen LogP) is 1.52. The van der Waals surface area contributed by atoms with Crippen LogP contribution in [0.3, 0.4) is 0 Å². The van der Waals surface area contributed by atoms with E-state index in [9.17, 15) is 4.79 Å². The van der Waals surface area contributed by atoms with E-state index in [0.29, 0.717) is 12.3 Å². The van der Waals surface area contributed by atoms with Gasteiger partial charge in [0.25, 0.3) is 5.91 Å². The zero-order valence-electron chi connectivity index (χ0n) is 10.3. The van der Waals surface area contributed by atoms with Crippen molar-refractivity contribution in [1.29, 1.82) is 0 Å². The summed E-state index contributed by atoms with van der Waals surface area (Å²) in [6, 6.07) is 1.83. The molecule has 5 heteroatoms. The highest BCUT2D eigenvalue weighted by molar-refractivity contribution is 5.94. The number of aromatic nitrogens is 1. The summed E-state index contributed by atoms with van der Waals surface area (Å²) in [4.78, 5) is 16.2. The Hall–Kier alpha value is -1.62. The number of amides is 1. The van der Waals surface area contributed by atoms with Gasteiger partial charge in [0.1, 0.15) is 11.9 Å². The highest BCUT2D eigenvalue weighted by Gasteiger charge is 2.28. The van der Waals surface area contributed by atoms with Crippen molar-refractivity contribution in [3.8, 4) is 5.75 Å². The number of nitrogens with one attached hydrogen (secondary N) is 1. The number of anilines is 1. The van der Waals surface area contributed by atoms with Gasteiger partial charge in [-0.3, -0.25) is 9.78 Å². The second kappa shape index (κ2) is 4.57. The first kappa shape index (κ1) is 11.5. The van der Waals surface area contributed by atoms with Crippen LogP contribution in [0.25, 0.3) is 0 Å². The lowest BCUT2D eigenvalue weighted by Crippen LogP contribution is -2.27. The minimum Gasteiger partial charge on any atom is -0.491 e. The lowest BCUT2D eigenvalue weighted by atomic mass is 10.2. The zero-order valence-corrected chi connectivity index (χ0v) is 10.3. The van der Waals surface area contributed by atoms with Gasteiger partial charge in [0.15, 0.2) is 0 Å². The molecular formula is C13H16N2O3. The fourth-order valence-corrected chi connectivity index (χ4v) is 2.33. The van der Waals surface area contributed by atoms with Crippen LogP contribution in [0.4, 0.5) is 5.69 Å². The van der Waals surface area contributed by atoms with E-state index in [1.54, 1.807) is 6.20 Å². The maximum absolute atomic E-state index is 12.0. The number of hydrogen-bond acceptors (Lipinski definition) is 4. The Bertz CT molecular complexity index is 475. The number of pyridine rings is 1. The summed E-state index contributed by atoms with van der Waals surface area (Å²) >= 11 is 0. The first-order valence-corrected chi connectivity index (χ1v) is 6.30. The molecule has 3 rings (SSSR count). The van der Waals surface area contributed by atoms with E-state index >= 15 is 0 Å². The summed E-state index contributed by atoms with van der Waals surface area (Å²) in [7, 11) is 0. The average molecular weight is 248 g/mol. The lowest BCUT2D eigenvalue weighted by Gasteiger charge is -2.12. The highest BCUT2D eigenvalue weighted by atomic mass is 16.5. The van der Waals surface area contributed by atoms with Gasteiger partial charge in [-0.15, -0.1) is 0 Å². The zero-order chi connectivity index (χ0) is 12.5. The van der Waals surface area contributed by atoms with Gasteiger partial charge < -0.3 is 14.8 Å². The van der Waals surface area contributed by atoms with E-state index in [-0.39, 0.29) is 18.1 Å². The molecule has 1 saturated heterocycles. The van der Waals surface area contributed by atoms with Gasteiger partial charge in [-0.1, -0.05) is 0 Å². The first-order chi connectivity index (χ1) is 8.72. The van der Waals surface area contributed by atoms with E-state index in [1.807, 2.05) is 13.0 Å². The van der Waals surface area contributed by atoms with Crippen molar-refractivity contribution in [2.24, 2.45) is 0 Å². The molecular weight excluding hydrogens is 232 g/mol. The summed E-state index contributed by atoms with van der Waals surface area (Å²) in [5.74, 6) is 0.674. The summed E-state index contributed by atoms with van der Waals surface area (Å²) in [6.07, 6.45) is 4.05. The molecule has 2 atom stereocenters. The van der Waals surface area contributed by atoms with Crippen LogP contribution in [-0.2, 0) is 16.0 Å². The number of nitrogens with zero attached hydrogens (tertiary/aromatic N) is 1. The van der Waals surface area contributed by atoms with Crippen molar-refractivity contribution in [3.05, 3.63) is 18.0 Å². The van der Waals surface area contributed by atoms with E-state index in [1.165, 1.54) is 0 Å². The Kier molecular flexibility index (Phi) is 2.91. The monoisotopic (exact) mass is 248 g/mol. The molecule has 3 heterocycles. The molecule has 0 spiro atoms. The quantitative estimate of drug-likeness (QED) is 0.862.